The molecule has 0 radical (unpaired) electrons. The van der Waals surface area contributed by atoms with Gasteiger partial charge in [0.25, 0.3) is 0 Å². The van der Waals surface area contributed by atoms with Gasteiger partial charge in [0.05, 0.1) is 26.4 Å². The van der Waals surface area contributed by atoms with Crippen molar-refractivity contribution in [3.05, 3.63) is 0 Å². The average molecular weight is 1420 g/mol. The van der Waals surface area contributed by atoms with Crippen molar-refractivity contribution in [1.29, 1.82) is 0 Å². The Morgan fingerprint density at radius 3 is 0.701 bits per heavy atom. The lowest BCUT2D eigenvalue weighted by Crippen LogP contribution is -2.30. The van der Waals surface area contributed by atoms with Crippen LogP contribution in [0.5, 0.6) is 0 Å². The molecule has 0 aromatic heterocycles. The van der Waals surface area contributed by atoms with Crippen LogP contribution in [0.15, 0.2) is 0 Å². The molecular formula is C78H152O17P2. The van der Waals surface area contributed by atoms with Crippen LogP contribution in [0.3, 0.4) is 0 Å². The molecule has 97 heavy (non-hydrogen) atoms. The van der Waals surface area contributed by atoms with Crippen LogP contribution in [0.1, 0.15) is 408 Å². The second-order valence-corrected chi connectivity index (χ2v) is 32.0. The van der Waals surface area contributed by atoms with E-state index in [2.05, 4.69) is 41.5 Å². The number of esters is 4. The van der Waals surface area contributed by atoms with Crippen LogP contribution >= 0.6 is 15.6 Å². The minimum atomic E-state index is -4.96. The van der Waals surface area contributed by atoms with Gasteiger partial charge >= 0.3 is 39.5 Å². The van der Waals surface area contributed by atoms with Gasteiger partial charge in [-0.3, -0.25) is 37.3 Å². The predicted octanol–water partition coefficient (Wildman–Crippen LogP) is 23.1. The highest BCUT2D eigenvalue weighted by Gasteiger charge is 2.30. The van der Waals surface area contributed by atoms with Gasteiger partial charge in [0.1, 0.15) is 19.3 Å². The maximum atomic E-state index is 13.1. The van der Waals surface area contributed by atoms with E-state index in [4.69, 9.17) is 37.0 Å². The number of rotatable bonds is 77. The van der Waals surface area contributed by atoms with E-state index < -0.39 is 97.5 Å². The molecule has 0 spiro atoms. The third-order valence-electron chi connectivity index (χ3n) is 18.2. The number of aliphatic hydroxyl groups excluding tert-OH is 1. The van der Waals surface area contributed by atoms with Crippen molar-refractivity contribution in [2.24, 2.45) is 11.8 Å². The highest BCUT2D eigenvalue weighted by atomic mass is 31.2. The predicted molar refractivity (Wildman–Crippen MR) is 395 cm³/mol. The summed E-state index contributed by atoms with van der Waals surface area (Å²) < 4.78 is 68.5. The Morgan fingerprint density at radius 2 is 0.474 bits per heavy atom. The first-order valence-electron chi connectivity index (χ1n) is 40.5. The molecular weight excluding hydrogens is 1270 g/mol. The summed E-state index contributed by atoms with van der Waals surface area (Å²) in [5.41, 5.74) is 0. The van der Waals surface area contributed by atoms with Crippen LogP contribution in [0.25, 0.3) is 0 Å². The van der Waals surface area contributed by atoms with Gasteiger partial charge < -0.3 is 33.8 Å². The van der Waals surface area contributed by atoms with E-state index in [1.807, 2.05) is 0 Å². The second kappa shape index (κ2) is 69.8. The molecule has 0 amide bonds. The number of carbonyl (C=O) groups is 4. The topological polar surface area (TPSA) is 237 Å². The molecule has 19 heteroatoms. The van der Waals surface area contributed by atoms with Crippen molar-refractivity contribution < 1.29 is 80.2 Å². The Balaban J connectivity index is 5.20. The molecule has 0 aliphatic carbocycles. The molecule has 0 aromatic carbocycles. The zero-order valence-electron chi connectivity index (χ0n) is 63.4. The number of phosphoric acid groups is 2. The van der Waals surface area contributed by atoms with Gasteiger partial charge in [-0.05, 0) is 37.5 Å². The quantitative estimate of drug-likeness (QED) is 0.0222. The number of hydrogen-bond donors (Lipinski definition) is 3. The van der Waals surface area contributed by atoms with E-state index in [1.54, 1.807) is 0 Å². The summed E-state index contributed by atoms with van der Waals surface area (Å²) in [6, 6.07) is 0. The molecule has 0 aromatic rings. The first-order chi connectivity index (χ1) is 46.9. The fourth-order valence-corrected chi connectivity index (χ4v) is 13.6. The van der Waals surface area contributed by atoms with E-state index in [0.717, 1.165) is 108 Å². The minimum Gasteiger partial charge on any atom is -0.462 e. The Kier molecular flexibility index (Phi) is 68.4. The van der Waals surface area contributed by atoms with Gasteiger partial charge in [-0.15, -0.1) is 0 Å². The minimum absolute atomic E-state index is 0.106. The first-order valence-corrected chi connectivity index (χ1v) is 43.5. The standard InChI is InChI=1S/C78H152O17P2/c1-7-9-11-13-15-17-18-19-20-21-22-23-24-29-32-38-44-50-56-62-77(82)95-74(67-89-76(81)61-55-49-43-37-31-28-26-25-27-30-35-40-46-52-58-70(3)4)69-93-97(86,87)91-65-72(79)64-90-96(84,85)92-68-73(66-88-75(80)60-54-48-42-16-14-12-10-8-2)94-78(83)63-57-51-45-39-34-33-36-41-47-53-59-71(5)6/h70-74,79H,7-69H2,1-6H3,(H,84,85)(H,86,87)/t72-,73+,74+/m0/s1. The monoisotopic (exact) mass is 1420 g/mol. The normalized spacial score (nSPS) is 14.0. The SMILES string of the molecule is CCCCCCCCCCCCCCCCCCCCCC(=O)O[C@H](COC(=O)CCCCCCCCCCCCCCCCC(C)C)COP(=O)(O)OC[C@@H](O)COP(=O)(O)OC[C@@H](COC(=O)CCCCCCCCCC)OC(=O)CCCCCCCCCCCCC(C)C. The van der Waals surface area contributed by atoms with Crippen LogP contribution < -0.4 is 0 Å². The van der Waals surface area contributed by atoms with Crippen LogP contribution in [-0.2, 0) is 65.4 Å². The van der Waals surface area contributed by atoms with Gasteiger partial charge in [-0.1, -0.05) is 356 Å². The number of ether oxygens (including phenoxy) is 4. The maximum Gasteiger partial charge on any atom is 0.472 e. The summed E-state index contributed by atoms with van der Waals surface area (Å²) in [7, 11) is -9.91. The van der Waals surface area contributed by atoms with Crippen molar-refractivity contribution >= 4 is 39.5 Å². The van der Waals surface area contributed by atoms with Gasteiger partial charge in [-0.2, -0.15) is 0 Å². The number of unbranched alkanes of at least 4 members (excludes halogenated alkanes) is 47. The molecule has 0 fully saturated rings. The molecule has 0 rings (SSSR count). The average Bonchev–Trinajstić information content (AvgIpc) is 1.32. The van der Waals surface area contributed by atoms with Gasteiger partial charge in [0.2, 0.25) is 0 Å². The lowest BCUT2D eigenvalue weighted by Gasteiger charge is -2.21. The first kappa shape index (κ1) is 95.1. The van der Waals surface area contributed by atoms with Crippen molar-refractivity contribution in [1.82, 2.24) is 0 Å². The maximum absolute atomic E-state index is 13.1. The fourth-order valence-electron chi connectivity index (χ4n) is 12.0. The van der Waals surface area contributed by atoms with Crippen LogP contribution in [0.4, 0.5) is 0 Å². The van der Waals surface area contributed by atoms with E-state index in [-0.39, 0.29) is 25.7 Å². The fraction of sp³-hybridized carbons (Fsp3) is 0.949. The Labute approximate surface area is 594 Å². The summed E-state index contributed by atoms with van der Waals surface area (Å²) in [6.45, 7) is 9.60. The van der Waals surface area contributed by atoms with Crippen LogP contribution in [0, 0.1) is 11.8 Å². The molecule has 0 saturated heterocycles. The molecule has 0 saturated carbocycles. The number of carbonyl (C=O) groups excluding carboxylic acids is 4. The molecule has 5 atom stereocenters. The summed E-state index contributed by atoms with van der Waals surface area (Å²) in [4.78, 5) is 72.8. The van der Waals surface area contributed by atoms with Gasteiger partial charge in [0.15, 0.2) is 12.2 Å². The van der Waals surface area contributed by atoms with Gasteiger partial charge in [-0.25, -0.2) is 9.13 Å². The zero-order chi connectivity index (χ0) is 71.4. The second-order valence-electron chi connectivity index (χ2n) is 29.1. The largest absolute Gasteiger partial charge is 0.472 e. The highest BCUT2D eigenvalue weighted by Crippen LogP contribution is 2.45. The number of phosphoric ester groups is 2. The molecule has 3 N–H and O–H groups in total. The molecule has 2 unspecified atom stereocenters. The smallest absolute Gasteiger partial charge is 0.462 e. The molecule has 576 valence electrons. The third-order valence-corrected chi connectivity index (χ3v) is 20.1. The summed E-state index contributed by atoms with van der Waals surface area (Å²) >= 11 is 0. The van der Waals surface area contributed by atoms with Gasteiger partial charge in [0, 0.05) is 25.7 Å². The van der Waals surface area contributed by atoms with Crippen molar-refractivity contribution in [2.45, 2.75) is 426 Å². The summed E-state index contributed by atoms with van der Waals surface area (Å²) in [6.07, 6.45) is 58.4. The Hall–Kier alpha value is -1.94. The van der Waals surface area contributed by atoms with Crippen molar-refractivity contribution in [3.8, 4) is 0 Å². The highest BCUT2D eigenvalue weighted by molar-refractivity contribution is 7.47. The van der Waals surface area contributed by atoms with E-state index in [1.165, 1.54) is 218 Å². The van der Waals surface area contributed by atoms with E-state index in [9.17, 15) is 43.2 Å². The molecule has 17 nitrogen and oxygen atoms in total. The lowest BCUT2D eigenvalue weighted by molar-refractivity contribution is -0.161. The van der Waals surface area contributed by atoms with E-state index in [0.29, 0.717) is 25.7 Å². The van der Waals surface area contributed by atoms with Crippen LogP contribution in [-0.4, -0.2) is 96.7 Å². The zero-order valence-corrected chi connectivity index (χ0v) is 65.2. The van der Waals surface area contributed by atoms with Crippen molar-refractivity contribution in [2.75, 3.05) is 39.6 Å². The Bertz CT molecular complexity index is 1870. The number of hydrogen-bond acceptors (Lipinski definition) is 15. The molecule has 0 aliphatic heterocycles. The molecule has 0 bridgehead atoms. The lowest BCUT2D eigenvalue weighted by atomic mass is 10.0. The summed E-state index contributed by atoms with van der Waals surface area (Å²) in [5, 5.41) is 10.6. The van der Waals surface area contributed by atoms with E-state index >= 15 is 0 Å². The molecule has 0 heterocycles. The van der Waals surface area contributed by atoms with Crippen molar-refractivity contribution in [3.63, 3.8) is 0 Å². The Morgan fingerprint density at radius 1 is 0.278 bits per heavy atom. The van der Waals surface area contributed by atoms with Crippen LogP contribution in [0.2, 0.25) is 0 Å². The number of aliphatic hydroxyl groups is 1. The molecule has 0 aliphatic rings. The summed E-state index contributed by atoms with van der Waals surface area (Å²) in [5.74, 6) is -0.564. The third kappa shape index (κ3) is 72.2.